The van der Waals surface area contributed by atoms with E-state index in [1.54, 1.807) is 0 Å². The number of rotatable bonds is 4. The molecule has 1 N–H and O–H groups in total. The monoisotopic (exact) mass is 476 g/mol. The summed E-state index contributed by atoms with van der Waals surface area (Å²) in [6, 6.07) is 7.90. The van der Waals surface area contributed by atoms with Crippen LogP contribution in [-0.2, 0) is 11.0 Å². The normalized spacial score (nSPS) is 19.9. The average molecular weight is 476 g/mol. The van der Waals surface area contributed by atoms with Crippen molar-refractivity contribution in [3.05, 3.63) is 42.1 Å². The van der Waals surface area contributed by atoms with Gasteiger partial charge in [-0.15, -0.1) is 0 Å². The van der Waals surface area contributed by atoms with Crippen molar-refractivity contribution in [1.29, 1.82) is 0 Å². The third kappa shape index (κ3) is 4.91. The highest BCUT2D eigenvalue weighted by Gasteiger charge is 2.42. The second kappa shape index (κ2) is 8.98. The van der Waals surface area contributed by atoms with Gasteiger partial charge >= 0.3 is 6.18 Å². The minimum Gasteiger partial charge on any atom is -0.448 e. The molecule has 34 heavy (non-hydrogen) atoms. The number of hydrogen-bond acceptors (Lipinski definition) is 6. The summed E-state index contributed by atoms with van der Waals surface area (Å²) in [5.41, 5.74) is -0.100. The van der Waals surface area contributed by atoms with Gasteiger partial charge in [0.1, 0.15) is 5.82 Å². The van der Waals surface area contributed by atoms with E-state index in [0.717, 1.165) is 37.9 Å². The number of aromatic nitrogens is 1. The van der Waals surface area contributed by atoms with Crippen molar-refractivity contribution in [2.24, 2.45) is 0 Å². The number of amides is 1. The van der Waals surface area contributed by atoms with Crippen LogP contribution >= 0.6 is 0 Å². The van der Waals surface area contributed by atoms with Crippen LogP contribution in [0.2, 0.25) is 0 Å². The molecule has 0 unspecified atom stereocenters. The van der Waals surface area contributed by atoms with Crippen LogP contribution in [0.25, 0.3) is 0 Å². The number of halogens is 3. The number of carbonyl (C=O) groups excluding carboxylic acids is 1. The second-order valence-corrected chi connectivity index (χ2v) is 9.05. The van der Waals surface area contributed by atoms with E-state index in [1.807, 2.05) is 28.0 Å². The number of pyridine rings is 1. The number of alkyl halides is 3. The molecule has 1 amide bonds. The second-order valence-electron chi connectivity index (χ2n) is 9.05. The number of hydrogen-bond donors (Lipinski definition) is 1. The Balaban J connectivity index is 1.11. The number of anilines is 2. The number of ether oxygens (including phenoxy) is 2. The molecule has 10 heteroatoms. The Hall–Kier alpha value is -3.01. The van der Waals surface area contributed by atoms with Gasteiger partial charge in [-0.25, -0.2) is 4.98 Å². The fourth-order valence-electron chi connectivity index (χ4n) is 4.75. The zero-order valence-electron chi connectivity index (χ0n) is 18.7. The third-order valence-electron chi connectivity index (χ3n) is 6.57. The Morgan fingerprint density at radius 2 is 1.74 bits per heavy atom. The molecule has 1 aliphatic carbocycles. The van der Waals surface area contributed by atoms with Gasteiger partial charge in [0.05, 0.1) is 12.1 Å². The zero-order valence-corrected chi connectivity index (χ0v) is 18.7. The van der Waals surface area contributed by atoms with E-state index in [2.05, 4.69) is 10.3 Å². The predicted octanol–water partition coefficient (Wildman–Crippen LogP) is 4.29. The lowest BCUT2D eigenvalue weighted by Gasteiger charge is -2.35. The van der Waals surface area contributed by atoms with Gasteiger partial charge in [0.2, 0.25) is 5.91 Å². The van der Waals surface area contributed by atoms with Crippen molar-refractivity contribution in [2.75, 3.05) is 42.9 Å². The lowest BCUT2D eigenvalue weighted by molar-refractivity contribution is -0.137. The highest BCUT2D eigenvalue weighted by molar-refractivity contribution is 5.92. The first kappa shape index (κ1) is 22.8. The molecular weight excluding hydrogens is 449 g/mol. The van der Waals surface area contributed by atoms with Gasteiger partial charge in [0.25, 0.3) is 5.79 Å². The zero-order chi connectivity index (χ0) is 23.8. The fraction of sp³-hybridized carbons (Fsp3) is 0.500. The van der Waals surface area contributed by atoms with Crippen LogP contribution in [0.15, 0.2) is 36.5 Å². The largest absolute Gasteiger partial charge is 0.448 e. The molecule has 2 aromatic rings. The Bertz CT molecular complexity index is 1030. The summed E-state index contributed by atoms with van der Waals surface area (Å²) in [6.45, 7) is 2.61. The lowest BCUT2D eigenvalue weighted by atomic mass is 9.94. The van der Waals surface area contributed by atoms with Crippen LogP contribution in [-0.4, -0.2) is 54.3 Å². The molecule has 0 radical (unpaired) electrons. The van der Waals surface area contributed by atoms with Gasteiger partial charge in [0, 0.05) is 57.0 Å². The first-order valence-corrected chi connectivity index (χ1v) is 11.6. The molecule has 0 atom stereocenters. The first-order valence-electron chi connectivity index (χ1n) is 11.6. The predicted molar refractivity (Wildman–Crippen MR) is 120 cm³/mol. The van der Waals surface area contributed by atoms with Crippen LogP contribution in [0.5, 0.6) is 11.5 Å². The summed E-state index contributed by atoms with van der Waals surface area (Å²) in [5, 5.41) is 2.92. The van der Waals surface area contributed by atoms with E-state index in [1.165, 1.54) is 12.5 Å². The Kier molecular flexibility index (Phi) is 6.01. The molecule has 1 aromatic carbocycles. The number of nitrogens with one attached hydrogen (secondary N) is 1. The number of benzene rings is 1. The van der Waals surface area contributed by atoms with Crippen LogP contribution < -0.4 is 19.7 Å². The van der Waals surface area contributed by atoms with Gasteiger partial charge in [-0.1, -0.05) is 6.42 Å². The summed E-state index contributed by atoms with van der Waals surface area (Å²) in [6.07, 6.45) is 1.57. The van der Waals surface area contributed by atoms with Crippen LogP contribution in [0.1, 0.15) is 37.7 Å². The van der Waals surface area contributed by atoms with Crippen molar-refractivity contribution in [1.82, 2.24) is 9.88 Å². The van der Waals surface area contributed by atoms with Gasteiger partial charge in [-0.3, -0.25) is 9.69 Å². The molecule has 3 heterocycles. The van der Waals surface area contributed by atoms with Gasteiger partial charge in [-0.2, -0.15) is 13.2 Å². The summed E-state index contributed by atoms with van der Waals surface area (Å²) >= 11 is 0. The van der Waals surface area contributed by atoms with E-state index >= 15 is 0 Å². The summed E-state index contributed by atoms with van der Waals surface area (Å²) in [4.78, 5) is 20.5. The fourth-order valence-corrected chi connectivity index (χ4v) is 4.75. The molecule has 1 saturated heterocycles. The minimum atomic E-state index is -4.40. The van der Waals surface area contributed by atoms with Crippen molar-refractivity contribution in [3.8, 4) is 11.5 Å². The number of piperazine rings is 1. The highest BCUT2D eigenvalue weighted by Crippen LogP contribution is 2.46. The maximum Gasteiger partial charge on any atom is 0.417 e. The smallest absolute Gasteiger partial charge is 0.417 e. The molecule has 2 fully saturated rings. The molecule has 1 saturated carbocycles. The van der Waals surface area contributed by atoms with E-state index in [4.69, 9.17) is 9.47 Å². The van der Waals surface area contributed by atoms with Gasteiger partial charge in [-0.05, 0) is 37.1 Å². The quantitative estimate of drug-likeness (QED) is 0.710. The SMILES string of the molecule is O=C(CN1CCN(c2ccc(C(F)(F)F)cn2)CC1)Nc1ccc2c(c1)OC1(CCCCC1)O2. The van der Waals surface area contributed by atoms with E-state index in [0.29, 0.717) is 49.2 Å². The van der Waals surface area contributed by atoms with Crippen molar-refractivity contribution in [3.63, 3.8) is 0 Å². The molecule has 5 rings (SSSR count). The maximum absolute atomic E-state index is 12.7. The Labute approximate surface area is 195 Å². The average Bonchev–Trinajstić information content (AvgIpc) is 3.16. The summed E-state index contributed by atoms with van der Waals surface area (Å²) in [7, 11) is 0. The number of carbonyl (C=O) groups is 1. The van der Waals surface area contributed by atoms with Crippen LogP contribution in [0, 0.1) is 0 Å². The van der Waals surface area contributed by atoms with Crippen molar-refractivity contribution >= 4 is 17.4 Å². The number of nitrogens with zero attached hydrogens (tertiary/aromatic N) is 3. The topological polar surface area (TPSA) is 66.9 Å². The molecule has 7 nitrogen and oxygen atoms in total. The van der Waals surface area contributed by atoms with Crippen LogP contribution in [0.4, 0.5) is 24.7 Å². The molecular formula is C24H27F3N4O3. The molecule has 2 aliphatic heterocycles. The molecule has 3 aliphatic rings. The van der Waals surface area contributed by atoms with Crippen molar-refractivity contribution < 1.29 is 27.4 Å². The maximum atomic E-state index is 12.7. The van der Waals surface area contributed by atoms with Gasteiger partial charge < -0.3 is 19.7 Å². The standard InChI is InChI=1S/C24H27F3N4O3/c25-24(26,27)17-4-7-21(28-15-17)31-12-10-30(11-13-31)16-22(32)29-18-5-6-19-20(14-18)34-23(33-19)8-2-1-3-9-23/h4-7,14-15H,1-3,8-13,16H2,(H,29,32). The summed E-state index contributed by atoms with van der Waals surface area (Å²) in [5.74, 6) is 1.20. The van der Waals surface area contributed by atoms with E-state index in [9.17, 15) is 18.0 Å². The minimum absolute atomic E-state index is 0.132. The van der Waals surface area contributed by atoms with Gasteiger partial charge in [0.15, 0.2) is 11.5 Å². The molecule has 1 aromatic heterocycles. The third-order valence-corrected chi connectivity index (χ3v) is 6.57. The van der Waals surface area contributed by atoms with Crippen LogP contribution in [0.3, 0.4) is 0 Å². The Morgan fingerprint density at radius 1 is 1.00 bits per heavy atom. The highest BCUT2D eigenvalue weighted by atomic mass is 19.4. The molecule has 1 spiro atoms. The Morgan fingerprint density at radius 3 is 2.41 bits per heavy atom. The lowest BCUT2D eigenvalue weighted by Crippen LogP contribution is -2.48. The first-order chi connectivity index (χ1) is 16.3. The van der Waals surface area contributed by atoms with E-state index in [-0.39, 0.29) is 12.5 Å². The molecule has 182 valence electrons. The molecule has 0 bridgehead atoms. The van der Waals surface area contributed by atoms with Crippen molar-refractivity contribution in [2.45, 2.75) is 44.1 Å². The number of fused-ring (bicyclic) bond motifs is 1. The van der Waals surface area contributed by atoms with E-state index < -0.39 is 17.5 Å². The summed E-state index contributed by atoms with van der Waals surface area (Å²) < 4.78 is 50.4.